The molecule has 82 valence electrons. The van der Waals surface area contributed by atoms with E-state index < -0.39 is 0 Å². The molecule has 5 nitrogen and oxygen atoms in total. The maximum atomic E-state index is 5.80. The first-order chi connectivity index (χ1) is 7.81. The van der Waals surface area contributed by atoms with Crippen LogP contribution in [-0.2, 0) is 0 Å². The Balaban J connectivity index is 2.31. The summed E-state index contributed by atoms with van der Waals surface area (Å²) >= 11 is 5.80. The van der Waals surface area contributed by atoms with E-state index in [1.807, 2.05) is 6.07 Å². The molecule has 2 heterocycles. The molecule has 16 heavy (non-hydrogen) atoms. The number of rotatable bonds is 3. The maximum Gasteiger partial charge on any atom is 0.219 e. The van der Waals surface area contributed by atoms with E-state index >= 15 is 0 Å². The van der Waals surface area contributed by atoms with Crippen molar-refractivity contribution in [3.8, 4) is 17.4 Å². The third kappa shape index (κ3) is 2.20. The SMILES string of the molecule is COc1c(Oc2ccccn2)cnnc1Cl. The number of hydrogen-bond acceptors (Lipinski definition) is 5. The summed E-state index contributed by atoms with van der Waals surface area (Å²) in [6.07, 6.45) is 3.04. The molecule has 0 saturated carbocycles. The van der Waals surface area contributed by atoms with Crippen molar-refractivity contribution in [1.82, 2.24) is 15.2 Å². The zero-order valence-corrected chi connectivity index (χ0v) is 9.18. The van der Waals surface area contributed by atoms with Crippen molar-refractivity contribution in [2.45, 2.75) is 0 Å². The molecule has 6 heteroatoms. The largest absolute Gasteiger partial charge is 0.490 e. The number of pyridine rings is 1. The van der Waals surface area contributed by atoms with Gasteiger partial charge in [-0.3, -0.25) is 0 Å². The second kappa shape index (κ2) is 4.76. The molecule has 0 N–H and O–H groups in total. The highest BCUT2D eigenvalue weighted by Crippen LogP contribution is 2.34. The van der Waals surface area contributed by atoms with Crippen molar-refractivity contribution < 1.29 is 9.47 Å². The second-order valence-electron chi connectivity index (χ2n) is 2.80. The predicted molar refractivity (Wildman–Crippen MR) is 57.9 cm³/mol. The molecule has 2 aromatic rings. The highest BCUT2D eigenvalue weighted by atomic mass is 35.5. The van der Waals surface area contributed by atoms with Crippen molar-refractivity contribution in [2.75, 3.05) is 7.11 Å². The fraction of sp³-hybridized carbons (Fsp3) is 0.100. The number of methoxy groups -OCH3 is 1. The lowest BCUT2D eigenvalue weighted by Crippen LogP contribution is -1.95. The van der Waals surface area contributed by atoms with Crippen LogP contribution in [0, 0.1) is 0 Å². The molecule has 0 aliphatic heterocycles. The van der Waals surface area contributed by atoms with Crippen LogP contribution in [0.2, 0.25) is 5.15 Å². The van der Waals surface area contributed by atoms with Crippen LogP contribution in [0.1, 0.15) is 0 Å². The van der Waals surface area contributed by atoms with E-state index in [1.165, 1.54) is 13.3 Å². The van der Waals surface area contributed by atoms with E-state index in [1.54, 1.807) is 18.3 Å². The van der Waals surface area contributed by atoms with Gasteiger partial charge in [-0.05, 0) is 6.07 Å². The Kier molecular flexibility index (Phi) is 3.16. The fourth-order valence-electron chi connectivity index (χ4n) is 1.12. The maximum absolute atomic E-state index is 5.80. The summed E-state index contributed by atoms with van der Waals surface area (Å²) in [5, 5.41) is 7.47. The van der Waals surface area contributed by atoms with Gasteiger partial charge < -0.3 is 9.47 Å². The predicted octanol–water partition coefficient (Wildman–Crippen LogP) is 2.33. The number of aromatic nitrogens is 3. The zero-order chi connectivity index (χ0) is 11.4. The molecule has 2 aromatic heterocycles. The lowest BCUT2D eigenvalue weighted by Gasteiger charge is -2.08. The Hall–Kier alpha value is -1.88. The lowest BCUT2D eigenvalue weighted by atomic mass is 10.4. The van der Waals surface area contributed by atoms with Crippen LogP contribution in [0.25, 0.3) is 0 Å². The minimum absolute atomic E-state index is 0.149. The van der Waals surface area contributed by atoms with Gasteiger partial charge in [-0.2, -0.15) is 5.10 Å². The summed E-state index contributed by atoms with van der Waals surface area (Å²) in [5.41, 5.74) is 0. The Labute approximate surface area is 97.0 Å². The van der Waals surface area contributed by atoms with Gasteiger partial charge in [0.2, 0.25) is 11.6 Å². The molecule has 0 saturated heterocycles. The number of halogens is 1. The van der Waals surface area contributed by atoms with Gasteiger partial charge in [-0.15, -0.1) is 5.10 Å². The molecule has 2 rings (SSSR count). The van der Waals surface area contributed by atoms with E-state index in [-0.39, 0.29) is 5.15 Å². The van der Waals surface area contributed by atoms with Crippen LogP contribution in [0.5, 0.6) is 17.4 Å². The molecule has 0 aliphatic carbocycles. The summed E-state index contributed by atoms with van der Waals surface area (Å²) < 4.78 is 10.5. The molecule has 0 aliphatic rings. The lowest BCUT2D eigenvalue weighted by molar-refractivity contribution is 0.370. The Morgan fingerprint density at radius 1 is 1.31 bits per heavy atom. The third-order valence-corrected chi connectivity index (χ3v) is 2.04. The van der Waals surface area contributed by atoms with E-state index in [0.29, 0.717) is 17.4 Å². The molecular formula is C10H8ClN3O2. The Morgan fingerprint density at radius 3 is 2.88 bits per heavy atom. The van der Waals surface area contributed by atoms with Gasteiger partial charge in [0.15, 0.2) is 10.9 Å². The molecule has 0 bridgehead atoms. The molecule has 0 radical (unpaired) electrons. The van der Waals surface area contributed by atoms with Crippen LogP contribution < -0.4 is 9.47 Å². The minimum atomic E-state index is 0.149. The zero-order valence-electron chi connectivity index (χ0n) is 8.42. The van der Waals surface area contributed by atoms with Gasteiger partial charge >= 0.3 is 0 Å². The highest BCUT2D eigenvalue weighted by molar-refractivity contribution is 6.31. The molecule has 0 unspecified atom stereocenters. The summed E-state index contributed by atoms with van der Waals surface area (Å²) in [7, 11) is 1.48. The van der Waals surface area contributed by atoms with E-state index in [9.17, 15) is 0 Å². The van der Waals surface area contributed by atoms with Gasteiger partial charge in [0.05, 0.1) is 13.3 Å². The summed E-state index contributed by atoms with van der Waals surface area (Å²) in [6, 6.07) is 5.32. The molecule has 0 fully saturated rings. The normalized spacial score (nSPS) is 9.88. The number of hydrogen-bond donors (Lipinski definition) is 0. The summed E-state index contributed by atoms with van der Waals surface area (Å²) in [4.78, 5) is 4.01. The van der Waals surface area contributed by atoms with E-state index in [4.69, 9.17) is 21.1 Å². The topological polar surface area (TPSA) is 57.1 Å². The minimum Gasteiger partial charge on any atom is -0.490 e. The molecule has 0 aromatic carbocycles. The monoisotopic (exact) mass is 237 g/mol. The van der Waals surface area contributed by atoms with Crippen LogP contribution in [0.15, 0.2) is 30.6 Å². The fourth-order valence-corrected chi connectivity index (χ4v) is 1.33. The van der Waals surface area contributed by atoms with Crippen LogP contribution in [0.3, 0.4) is 0 Å². The quantitative estimate of drug-likeness (QED) is 0.820. The van der Waals surface area contributed by atoms with E-state index in [0.717, 1.165) is 0 Å². The smallest absolute Gasteiger partial charge is 0.219 e. The first kappa shape index (κ1) is 10.6. The number of nitrogens with zero attached hydrogens (tertiary/aromatic N) is 3. The average molecular weight is 238 g/mol. The molecule has 0 atom stereocenters. The van der Waals surface area contributed by atoms with Crippen molar-refractivity contribution in [3.63, 3.8) is 0 Å². The van der Waals surface area contributed by atoms with Crippen LogP contribution in [0.4, 0.5) is 0 Å². The van der Waals surface area contributed by atoms with Crippen molar-refractivity contribution in [1.29, 1.82) is 0 Å². The number of ether oxygens (including phenoxy) is 2. The summed E-state index contributed by atoms with van der Waals surface area (Å²) in [6.45, 7) is 0. The van der Waals surface area contributed by atoms with Crippen LogP contribution in [-0.4, -0.2) is 22.3 Å². The Morgan fingerprint density at radius 2 is 2.19 bits per heavy atom. The first-order valence-electron chi connectivity index (χ1n) is 4.45. The molecule has 0 spiro atoms. The van der Waals surface area contributed by atoms with Gasteiger partial charge in [0.1, 0.15) is 0 Å². The molecular weight excluding hydrogens is 230 g/mol. The molecule has 0 amide bonds. The van der Waals surface area contributed by atoms with Crippen molar-refractivity contribution in [3.05, 3.63) is 35.7 Å². The van der Waals surface area contributed by atoms with Crippen LogP contribution >= 0.6 is 11.6 Å². The van der Waals surface area contributed by atoms with E-state index in [2.05, 4.69) is 15.2 Å². The van der Waals surface area contributed by atoms with Gasteiger partial charge in [0.25, 0.3) is 0 Å². The van der Waals surface area contributed by atoms with Crippen molar-refractivity contribution in [2.24, 2.45) is 0 Å². The van der Waals surface area contributed by atoms with Gasteiger partial charge in [-0.25, -0.2) is 4.98 Å². The van der Waals surface area contributed by atoms with Gasteiger partial charge in [-0.1, -0.05) is 17.7 Å². The Bertz CT molecular complexity index is 479. The highest BCUT2D eigenvalue weighted by Gasteiger charge is 2.11. The first-order valence-corrected chi connectivity index (χ1v) is 4.83. The van der Waals surface area contributed by atoms with Crippen molar-refractivity contribution >= 4 is 11.6 Å². The summed E-state index contributed by atoms with van der Waals surface area (Å²) in [5.74, 6) is 1.15. The van der Waals surface area contributed by atoms with Gasteiger partial charge in [0, 0.05) is 12.3 Å². The second-order valence-corrected chi connectivity index (χ2v) is 3.16. The average Bonchev–Trinajstić information content (AvgIpc) is 2.31. The standard InChI is InChI=1S/C10H8ClN3O2/c1-15-9-7(6-13-14-10(9)11)16-8-4-2-3-5-12-8/h2-6H,1H3. The third-order valence-electron chi connectivity index (χ3n) is 1.79.